The zero-order chi connectivity index (χ0) is 12.2. The molecule has 84 valence electrons. The molecule has 0 aliphatic heterocycles. The predicted molar refractivity (Wildman–Crippen MR) is 60.2 cm³/mol. The van der Waals surface area contributed by atoms with Gasteiger partial charge < -0.3 is 5.32 Å². The van der Waals surface area contributed by atoms with E-state index in [0.717, 1.165) is 0 Å². The smallest absolute Gasteiger partial charge is 0.226 e. The highest BCUT2D eigenvalue weighted by Gasteiger charge is 2.24. The first kappa shape index (κ1) is 12.2. The molecule has 1 rings (SSSR count). The third kappa shape index (κ3) is 3.06. The molecule has 0 saturated heterocycles. The second-order valence-electron chi connectivity index (χ2n) is 4.57. The van der Waals surface area contributed by atoms with Crippen molar-refractivity contribution >= 4 is 5.91 Å². The number of hydrogen-bond acceptors (Lipinski definition) is 3. The van der Waals surface area contributed by atoms with Gasteiger partial charge in [-0.15, -0.1) is 0 Å². The van der Waals surface area contributed by atoms with Gasteiger partial charge in [0.25, 0.3) is 0 Å². The van der Waals surface area contributed by atoms with Crippen LogP contribution in [0.4, 0.5) is 0 Å². The Hall–Kier alpha value is -1.89. The highest BCUT2D eigenvalue weighted by Crippen LogP contribution is 2.17. The minimum absolute atomic E-state index is 0.150. The van der Waals surface area contributed by atoms with Crippen LogP contribution in [-0.2, 0) is 4.79 Å². The average molecular weight is 217 g/mol. The summed E-state index contributed by atoms with van der Waals surface area (Å²) in [6, 6.07) is 4.92. The molecule has 0 aliphatic carbocycles. The van der Waals surface area contributed by atoms with Gasteiger partial charge in [-0.05, 0) is 6.07 Å². The topological polar surface area (TPSA) is 65.8 Å². The van der Waals surface area contributed by atoms with E-state index >= 15 is 0 Å². The zero-order valence-corrected chi connectivity index (χ0v) is 9.69. The van der Waals surface area contributed by atoms with Crippen LogP contribution in [0.3, 0.4) is 0 Å². The lowest BCUT2D eigenvalue weighted by Crippen LogP contribution is -2.37. The summed E-state index contributed by atoms with van der Waals surface area (Å²) in [6.45, 7) is 5.42. The summed E-state index contributed by atoms with van der Waals surface area (Å²) in [7, 11) is 0. The lowest BCUT2D eigenvalue weighted by molar-refractivity contribution is -0.128. The first-order chi connectivity index (χ1) is 7.45. The Morgan fingerprint density at radius 2 is 2.25 bits per heavy atom. The fraction of sp³-hybridized carbons (Fsp3) is 0.417. The van der Waals surface area contributed by atoms with Gasteiger partial charge >= 0.3 is 0 Å². The van der Waals surface area contributed by atoms with Crippen LogP contribution in [-0.4, -0.2) is 10.9 Å². The van der Waals surface area contributed by atoms with Gasteiger partial charge in [-0.25, -0.2) is 0 Å². The van der Waals surface area contributed by atoms with Crippen LogP contribution in [0.15, 0.2) is 24.5 Å². The minimum Gasteiger partial charge on any atom is -0.336 e. The molecule has 1 aromatic heterocycles. The van der Waals surface area contributed by atoms with Crippen LogP contribution >= 0.6 is 0 Å². The van der Waals surface area contributed by atoms with Crippen molar-refractivity contribution in [2.24, 2.45) is 5.41 Å². The van der Waals surface area contributed by atoms with Crippen molar-refractivity contribution in [3.05, 3.63) is 30.1 Å². The van der Waals surface area contributed by atoms with E-state index in [9.17, 15) is 4.79 Å². The summed E-state index contributed by atoms with van der Waals surface area (Å²) in [5.41, 5.74) is 0.194. The third-order valence-electron chi connectivity index (χ3n) is 2.10. The Bertz CT molecular complexity index is 401. The molecular formula is C12H15N3O. The van der Waals surface area contributed by atoms with Crippen molar-refractivity contribution < 1.29 is 4.79 Å². The molecule has 0 bridgehead atoms. The Balaban J connectivity index is 2.80. The van der Waals surface area contributed by atoms with Crippen LogP contribution < -0.4 is 5.32 Å². The monoisotopic (exact) mass is 217 g/mol. The number of nitrogens with zero attached hydrogens (tertiary/aromatic N) is 2. The first-order valence-electron chi connectivity index (χ1n) is 5.05. The minimum atomic E-state index is -0.638. The van der Waals surface area contributed by atoms with Crippen LogP contribution in [0.25, 0.3) is 0 Å². The number of aromatic nitrogens is 1. The van der Waals surface area contributed by atoms with E-state index in [1.807, 2.05) is 6.07 Å². The number of pyridine rings is 1. The van der Waals surface area contributed by atoms with Crippen molar-refractivity contribution in [1.29, 1.82) is 5.26 Å². The Kier molecular flexibility index (Phi) is 3.62. The zero-order valence-electron chi connectivity index (χ0n) is 9.69. The molecule has 0 aromatic carbocycles. The molecule has 1 aromatic rings. The summed E-state index contributed by atoms with van der Waals surface area (Å²) >= 11 is 0. The SMILES string of the molecule is CC(C)(C)C(=O)NC(C#N)c1cccnc1. The van der Waals surface area contributed by atoms with E-state index in [2.05, 4.69) is 10.3 Å². The maximum atomic E-state index is 11.7. The molecule has 0 spiro atoms. The molecule has 16 heavy (non-hydrogen) atoms. The highest BCUT2D eigenvalue weighted by atomic mass is 16.2. The fourth-order valence-electron chi connectivity index (χ4n) is 1.08. The van der Waals surface area contributed by atoms with Gasteiger partial charge in [0, 0.05) is 23.4 Å². The quantitative estimate of drug-likeness (QED) is 0.821. The van der Waals surface area contributed by atoms with Gasteiger partial charge in [0.1, 0.15) is 6.04 Å². The second-order valence-corrected chi connectivity index (χ2v) is 4.57. The van der Waals surface area contributed by atoms with E-state index in [1.54, 1.807) is 45.3 Å². The number of hydrogen-bond donors (Lipinski definition) is 1. The number of nitrogens with one attached hydrogen (secondary N) is 1. The largest absolute Gasteiger partial charge is 0.336 e. The number of carbonyl (C=O) groups is 1. The fourth-order valence-corrected chi connectivity index (χ4v) is 1.08. The van der Waals surface area contributed by atoms with E-state index in [0.29, 0.717) is 5.56 Å². The molecule has 1 atom stereocenters. The third-order valence-corrected chi connectivity index (χ3v) is 2.10. The van der Waals surface area contributed by atoms with Gasteiger partial charge in [0.2, 0.25) is 5.91 Å². The lowest BCUT2D eigenvalue weighted by Gasteiger charge is -2.20. The molecule has 0 fully saturated rings. The Morgan fingerprint density at radius 3 is 2.69 bits per heavy atom. The molecule has 1 heterocycles. The molecule has 1 amide bonds. The molecule has 4 heteroatoms. The predicted octanol–water partition coefficient (Wildman–Crippen LogP) is 1.81. The second kappa shape index (κ2) is 4.75. The maximum absolute atomic E-state index is 11.7. The Labute approximate surface area is 95.3 Å². The lowest BCUT2D eigenvalue weighted by atomic mass is 9.95. The van der Waals surface area contributed by atoms with Gasteiger partial charge in [-0.3, -0.25) is 9.78 Å². The maximum Gasteiger partial charge on any atom is 0.226 e. The highest BCUT2D eigenvalue weighted by molar-refractivity contribution is 5.82. The van der Waals surface area contributed by atoms with E-state index in [-0.39, 0.29) is 5.91 Å². The van der Waals surface area contributed by atoms with Crippen LogP contribution in [0.1, 0.15) is 32.4 Å². The van der Waals surface area contributed by atoms with Gasteiger partial charge in [-0.1, -0.05) is 26.8 Å². The van der Waals surface area contributed by atoms with E-state index < -0.39 is 11.5 Å². The first-order valence-corrected chi connectivity index (χ1v) is 5.05. The Morgan fingerprint density at radius 1 is 1.56 bits per heavy atom. The average Bonchev–Trinajstić information content (AvgIpc) is 2.25. The summed E-state index contributed by atoms with van der Waals surface area (Å²) in [5.74, 6) is -0.150. The van der Waals surface area contributed by atoms with E-state index in [1.165, 1.54) is 0 Å². The summed E-state index contributed by atoms with van der Waals surface area (Å²) in [5, 5.41) is 11.7. The molecular weight excluding hydrogens is 202 g/mol. The van der Waals surface area contributed by atoms with E-state index in [4.69, 9.17) is 5.26 Å². The van der Waals surface area contributed by atoms with Gasteiger partial charge in [0.05, 0.1) is 6.07 Å². The van der Waals surface area contributed by atoms with Crippen LogP contribution in [0.5, 0.6) is 0 Å². The molecule has 0 radical (unpaired) electrons. The summed E-state index contributed by atoms with van der Waals surface area (Å²) in [6.07, 6.45) is 3.21. The molecule has 0 saturated carbocycles. The van der Waals surface area contributed by atoms with Crippen molar-refractivity contribution in [3.63, 3.8) is 0 Å². The number of rotatable bonds is 2. The van der Waals surface area contributed by atoms with Gasteiger partial charge in [0.15, 0.2) is 0 Å². The summed E-state index contributed by atoms with van der Waals surface area (Å²) < 4.78 is 0. The normalized spacial score (nSPS) is 12.6. The van der Waals surface area contributed by atoms with Crippen LogP contribution in [0.2, 0.25) is 0 Å². The molecule has 1 unspecified atom stereocenters. The van der Waals surface area contributed by atoms with Crippen molar-refractivity contribution in [2.45, 2.75) is 26.8 Å². The van der Waals surface area contributed by atoms with Crippen molar-refractivity contribution in [2.75, 3.05) is 0 Å². The number of carbonyl (C=O) groups excluding carboxylic acids is 1. The number of nitriles is 1. The van der Waals surface area contributed by atoms with Crippen molar-refractivity contribution in [3.8, 4) is 6.07 Å². The molecule has 0 aliphatic rings. The molecule has 1 N–H and O–H groups in total. The van der Waals surface area contributed by atoms with Gasteiger partial charge in [-0.2, -0.15) is 5.26 Å². The standard InChI is InChI=1S/C12H15N3O/c1-12(2,3)11(16)15-10(7-13)9-5-4-6-14-8-9/h4-6,8,10H,1-3H3,(H,15,16). The molecule has 4 nitrogen and oxygen atoms in total. The van der Waals surface area contributed by atoms with Crippen molar-refractivity contribution in [1.82, 2.24) is 10.3 Å². The number of amides is 1. The summed E-state index contributed by atoms with van der Waals surface area (Å²) in [4.78, 5) is 15.6. The van der Waals surface area contributed by atoms with Crippen LogP contribution in [0, 0.1) is 16.7 Å².